The van der Waals surface area contributed by atoms with Gasteiger partial charge in [0.1, 0.15) is 5.82 Å². The van der Waals surface area contributed by atoms with Gasteiger partial charge in [-0.05, 0) is 46.7 Å². The van der Waals surface area contributed by atoms with Gasteiger partial charge in [-0.3, -0.25) is 0 Å². The molecule has 0 unspecified atom stereocenters. The molecule has 0 amide bonds. The average molecular weight is 340 g/mol. The van der Waals surface area contributed by atoms with Crippen molar-refractivity contribution in [3.63, 3.8) is 0 Å². The van der Waals surface area contributed by atoms with Crippen LogP contribution in [0.15, 0.2) is 36.7 Å². The lowest BCUT2D eigenvalue weighted by Crippen LogP contribution is -2.04. The fourth-order valence-electron chi connectivity index (χ4n) is 1.83. The summed E-state index contributed by atoms with van der Waals surface area (Å²) >= 11 is 2.33. The monoisotopic (exact) mass is 340 g/mol. The van der Waals surface area contributed by atoms with Crippen LogP contribution in [-0.4, -0.2) is 9.55 Å². The van der Waals surface area contributed by atoms with E-state index in [1.807, 2.05) is 6.20 Å². The molecule has 2 rings (SSSR count). The molecule has 0 bridgehead atoms. The minimum Gasteiger partial charge on any atom is -0.331 e. The maximum atomic E-state index is 4.43. The van der Waals surface area contributed by atoms with E-state index in [-0.39, 0.29) is 0 Å². The van der Waals surface area contributed by atoms with E-state index in [4.69, 9.17) is 0 Å². The van der Waals surface area contributed by atoms with Crippen LogP contribution in [0.25, 0.3) is 0 Å². The molecule has 0 atom stereocenters. The van der Waals surface area contributed by atoms with Crippen LogP contribution in [0.3, 0.4) is 0 Å². The Morgan fingerprint density at radius 1 is 1.24 bits per heavy atom. The second-order valence-electron chi connectivity index (χ2n) is 4.20. The third-order valence-electron chi connectivity index (χ3n) is 2.82. The predicted octanol–water partition coefficient (Wildman–Crippen LogP) is 3.88. The number of unbranched alkanes of at least 4 members (excludes halogenated alkanes) is 1. The molecule has 1 heterocycles. The smallest absolute Gasteiger partial charge is 0.108 e. The van der Waals surface area contributed by atoms with Crippen molar-refractivity contribution in [1.29, 1.82) is 0 Å². The SMILES string of the molecule is CCCCc1nccn1Cc1ccc(I)cc1. The van der Waals surface area contributed by atoms with Crippen molar-refractivity contribution in [2.24, 2.45) is 0 Å². The van der Waals surface area contributed by atoms with E-state index in [0.717, 1.165) is 13.0 Å². The Bertz CT molecular complexity index is 459. The number of aryl methyl sites for hydroxylation is 1. The number of hydrogen-bond acceptors (Lipinski definition) is 1. The van der Waals surface area contributed by atoms with Crippen molar-refractivity contribution in [3.8, 4) is 0 Å². The van der Waals surface area contributed by atoms with Gasteiger partial charge in [0.15, 0.2) is 0 Å². The number of hydrogen-bond donors (Lipinski definition) is 0. The molecule has 0 spiro atoms. The molecule has 0 saturated carbocycles. The highest BCUT2D eigenvalue weighted by Gasteiger charge is 2.02. The second kappa shape index (κ2) is 6.19. The Balaban J connectivity index is 2.07. The maximum Gasteiger partial charge on any atom is 0.108 e. The summed E-state index contributed by atoms with van der Waals surface area (Å²) in [5, 5.41) is 0. The normalized spacial score (nSPS) is 10.7. The number of rotatable bonds is 5. The molecule has 0 aliphatic rings. The standard InChI is InChI=1S/C14H17IN2/c1-2-3-4-14-16-9-10-17(14)11-12-5-7-13(15)8-6-12/h5-10H,2-4,11H2,1H3. The van der Waals surface area contributed by atoms with Crippen LogP contribution in [0.5, 0.6) is 0 Å². The third kappa shape index (κ3) is 3.56. The lowest BCUT2D eigenvalue weighted by Gasteiger charge is -2.07. The first kappa shape index (κ1) is 12.6. The molecule has 0 N–H and O–H groups in total. The number of nitrogens with zero attached hydrogens (tertiary/aromatic N) is 2. The van der Waals surface area contributed by atoms with Gasteiger partial charge in [0.05, 0.1) is 0 Å². The molecule has 0 aliphatic carbocycles. The lowest BCUT2D eigenvalue weighted by molar-refractivity contribution is 0.678. The zero-order chi connectivity index (χ0) is 12.1. The highest BCUT2D eigenvalue weighted by atomic mass is 127. The van der Waals surface area contributed by atoms with Gasteiger partial charge in [0.25, 0.3) is 0 Å². The minimum atomic E-state index is 0.927. The maximum absolute atomic E-state index is 4.43. The van der Waals surface area contributed by atoms with Gasteiger partial charge in [0.2, 0.25) is 0 Å². The van der Waals surface area contributed by atoms with Crippen molar-refractivity contribution in [3.05, 3.63) is 51.6 Å². The average Bonchev–Trinajstić information content (AvgIpc) is 2.77. The number of benzene rings is 1. The number of imidazole rings is 1. The van der Waals surface area contributed by atoms with Crippen LogP contribution < -0.4 is 0 Å². The van der Waals surface area contributed by atoms with Crippen LogP contribution in [0.1, 0.15) is 31.2 Å². The summed E-state index contributed by atoms with van der Waals surface area (Å²) in [6.07, 6.45) is 7.48. The highest BCUT2D eigenvalue weighted by Crippen LogP contribution is 2.10. The number of aromatic nitrogens is 2. The summed E-state index contributed by atoms with van der Waals surface area (Å²) in [7, 11) is 0. The Morgan fingerprint density at radius 2 is 2.00 bits per heavy atom. The Morgan fingerprint density at radius 3 is 2.71 bits per heavy atom. The highest BCUT2D eigenvalue weighted by molar-refractivity contribution is 14.1. The van der Waals surface area contributed by atoms with Crippen LogP contribution in [0, 0.1) is 3.57 Å². The molecule has 2 nitrogen and oxygen atoms in total. The molecule has 90 valence electrons. The first-order chi connectivity index (χ1) is 8.29. The largest absolute Gasteiger partial charge is 0.331 e. The van der Waals surface area contributed by atoms with Crippen molar-refractivity contribution in [1.82, 2.24) is 9.55 Å². The molecular formula is C14H17IN2. The first-order valence-electron chi connectivity index (χ1n) is 6.04. The van der Waals surface area contributed by atoms with E-state index in [1.165, 1.54) is 27.8 Å². The van der Waals surface area contributed by atoms with Gasteiger partial charge in [-0.2, -0.15) is 0 Å². The van der Waals surface area contributed by atoms with Gasteiger partial charge in [-0.1, -0.05) is 25.5 Å². The summed E-state index contributed by atoms with van der Waals surface area (Å²) in [5.41, 5.74) is 1.33. The summed E-state index contributed by atoms with van der Waals surface area (Å²) in [6, 6.07) is 8.67. The zero-order valence-corrected chi connectivity index (χ0v) is 12.2. The topological polar surface area (TPSA) is 17.8 Å². The van der Waals surface area contributed by atoms with Gasteiger partial charge in [-0.25, -0.2) is 4.98 Å². The van der Waals surface area contributed by atoms with Crippen molar-refractivity contribution >= 4 is 22.6 Å². The molecule has 17 heavy (non-hydrogen) atoms. The molecule has 3 heteroatoms. The van der Waals surface area contributed by atoms with Gasteiger partial charge >= 0.3 is 0 Å². The van der Waals surface area contributed by atoms with E-state index in [2.05, 4.69) is 69.5 Å². The molecule has 0 saturated heterocycles. The molecule has 0 fully saturated rings. The molecule has 1 aromatic heterocycles. The van der Waals surface area contributed by atoms with E-state index < -0.39 is 0 Å². The van der Waals surface area contributed by atoms with E-state index in [0.29, 0.717) is 0 Å². The summed E-state index contributed by atoms with van der Waals surface area (Å²) in [4.78, 5) is 4.43. The summed E-state index contributed by atoms with van der Waals surface area (Å²) < 4.78 is 3.53. The molecule has 2 aromatic rings. The van der Waals surface area contributed by atoms with E-state index in [1.54, 1.807) is 0 Å². The predicted molar refractivity (Wildman–Crippen MR) is 79.1 cm³/mol. The number of halogens is 1. The molecule has 1 aromatic carbocycles. The fraction of sp³-hybridized carbons (Fsp3) is 0.357. The van der Waals surface area contributed by atoms with Gasteiger partial charge in [-0.15, -0.1) is 0 Å². The fourth-order valence-corrected chi connectivity index (χ4v) is 2.19. The van der Waals surface area contributed by atoms with Crippen molar-refractivity contribution < 1.29 is 0 Å². The van der Waals surface area contributed by atoms with Crippen LogP contribution in [-0.2, 0) is 13.0 Å². The zero-order valence-electron chi connectivity index (χ0n) is 10.1. The van der Waals surface area contributed by atoms with Gasteiger partial charge in [0, 0.05) is 28.9 Å². The van der Waals surface area contributed by atoms with Crippen molar-refractivity contribution in [2.45, 2.75) is 32.7 Å². The molecule has 0 radical (unpaired) electrons. The quantitative estimate of drug-likeness (QED) is 0.756. The van der Waals surface area contributed by atoms with E-state index >= 15 is 0 Å². The summed E-state index contributed by atoms with van der Waals surface area (Å²) in [6.45, 7) is 3.14. The third-order valence-corrected chi connectivity index (χ3v) is 3.54. The van der Waals surface area contributed by atoms with Crippen molar-refractivity contribution in [2.75, 3.05) is 0 Å². The van der Waals surface area contributed by atoms with Crippen LogP contribution in [0.2, 0.25) is 0 Å². The van der Waals surface area contributed by atoms with Crippen LogP contribution in [0.4, 0.5) is 0 Å². The van der Waals surface area contributed by atoms with Crippen LogP contribution >= 0.6 is 22.6 Å². The van der Waals surface area contributed by atoms with Gasteiger partial charge < -0.3 is 4.57 Å². The van der Waals surface area contributed by atoms with E-state index in [9.17, 15) is 0 Å². The molecular weight excluding hydrogens is 323 g/mol. The molecule has 0 aliphatic heterocycles. The summed E-state index contributed by atoms with van der Waals surface area (Å²) in [5.74, 6) is 1.20. The first-order valence-corrected chi connectivity index (χ1v) is 7.12. The lowest BCUT2D eigenvalue weighted by atomic mass is 10.2. The Hall–Kier alpha value is -0.840. The Labute approximate surface area is 116 Å². The minimum absolute atomic E-state index is 0.927. The second-order valence-corrected chi connectivity index (χ2v) is 5.45. The Kier molecular flexibility index (Phi) is 4.59.